The number of nitrogens with two attached hydrogens (primary N) is 1. The lowest BCUT2D eigenvalue weighted by Crippen LogP contribution is -2.13. The van der Waals surface area contributed by atoms with E-state index in [2.05, 4.69) is 31.2 Å². The number of nitrogens with one attached hydrogen (secondary N) is 1. The van der Waals surface area contributed by atoms with Crippen LogP contribution in [0.4, 0.5) is 11.6 Å². The maximum atomic E-state index is 12.0. The predicted octanol–water partition coefficient (Wildman–Crippen LogP) is 3.04. The molecule has 2 rings (SSSR count). The molecule has 0 unspecified atom stereocenters. The average molecular weight is 342 g/mol. The Labute approximate surface area is 123 Å². The van der Waals surface area contributed by atoms with Crippen LogP contribution in [0.1, 0.15) is 15.9 Å². The van der Waals surface area contributed by atoms with E-state index < -0.39 is 0 Å². The minimum absolute atomic E-state index is 0.191. The molecule has 1 amide bonds. The second-order valence-electron chi connectivity index (χ2n) is 3.86. The molecule has 0 saturated heterocycles. The molecule has 2 aromatic rings. The summed E-state index contributed by atoms with van der Waals surface area (Å²) in [6, 6.07) is 3.22. The summed E-state index contributed by atoms with van der Waals surface area (Å²) in [7, 11) is 0. The van der Waals surface area contributed by atoms with Crippen molar-refractivity contribution >= 4 is 45.1 Å². The molecule has 0 atom stereocenters. The van der Waals surface area contributed by atoms with Crippen LogP contribution in [-0.4, -0.2) is 15.9 Å². The molecule has 0 aliphatic rings. The Morgan fingerprint density at radius 1 is 1.37 bits per heavy atom. The van der Waals surface area contributed by atoms with Gasteiger partial charge in [-0.05, 0) is 40.5 Å². The van der Waals surface area contributed by atoms with Gasteiger partial charge in [-0.3, -0.25) is 4.79 Å². The minimum Gasteiger partial charge on any atom is -0.382 e. The van der Waals surface area contributed by atoms with Crippen molar-refractivity contribution in [2.75, 3.05) is 11.1 Å². The van der Waals surface area contributed by atoms with Gasteiger partial charge in [0.1, 0.15) is 11.6 Å². The molecular formula is C12H10BrClN4O. The summed E-state index contributed by atoms with van der Waals surface area (Å²) in [6.07, 6.45) is 2.99. The van der Waals surface area contributed by atoms with Gasteiger partial charge >= 0.3 is 0 Å². The van der Waals surface area contributed by atoms with Gasteiger partial charge in [-0.15, -0.1) is 0 Å². The smallest absolute Gasteiger partial charge is 0.258 e. The Balaban J connectivity index is 2.20. The van der Waals surface area contributed by atoms with Crippen molar-refractivity contribution in [2.45, 2.75) is 6.92 Å². The predicted molar refractivity (Wildman–Crippen MR) is 78.3 cm³/mol. The van der Waals surface area contributed by atoms with Crippen molar-refractivity contribution in [2.24, 2.45) is 0 Å². The van der Waals surface area contributed by atoms with Crippen molar-refractivity contribution in [3.05, 3.63) is 45.1 Å². The van der Waals surface area contributed by atoms with Crippen molar-refractivity contribution in [1.82, 2.24) is 9.97 Å². The number of pyridine rings is 2. The lowest BCUT2D eigenvalue weighted by Gasteiger charge is -2.06. The maximum Gasteiger partial charge on any atom is 0.258 e. The number of hydrogen-bond donors (Lipinski definition) is 2. The lowest BCUT2D eigenvalue weighted by molar-refractivity contribution is 0.102. The molecule has 2 heterocycles. The van der Waals surface area contributed by atoms with E-state index in [0.29, 0.717) is 11.4 Å². The summed E-state index contributed by atoms with van der Waals surface area (Å²) in [4.78, 5) is 19.9. The molecule has 0 saturated carbocycles. The van der Waals surface area contributed by atoms with E-state index in [1.165, 1.54) is 12.3 Å². The summed E-state index contributed by atoms with van der Waals surface area (Å²) in [5, 5.41) is 2.91. The van der Waals surface area contributed by atoms with Gasteiger partial charge in [-0.1, -0.05) is 11.6 Å². The largest absolute Gasteiger partial charge is 0.382 e. The van der Waals surface area contributed by atoms with Gasteiger partial charge in [0.2, 0.25) is 0 Å². The lowest BCUT2D eigenvalue weighted by atomic mass is 10.2. The van der Waals surface area contributed by atoms with Crippen LogP contribution in [0.25, 0.3) is 0 Å². The zero-order chi connectivity index (χ0) is 14.0. The number of carbonyl (C=O) groups excluding carboxylic acids is 1. The van der Waals surface area contributed by atoms with Gasteiger partial charge in [0.05, 0.1) is 10.6 Å². The third kappa shape index (κ3) is 3.21. The molecule has 7 heteroatoms. The Kier molecular flexibility index (Phi) is 4.01. The number of halogens is 2. The first-order valence-corrected chi connectivity index (χ1v) is 6.49. The fourth-order valence-electron chi connectivity index (χ4n) is 1.37. The monoisotopic (exact) mass is 340 g/mol. The van der Waals surface area contributed by atoms with Gasteiger partial charge in [0.25, 0.3) is 5.91 Å². The molecule has 0 bridgehead atoms. The average Bonchev–Trinajstić information content (AvgIpc) is 2.37. The Morgan fingerprint density at radius 3 is 2.74 bits per heavy atom. The van der Waals surface area contributed by atoms with Crippen LogP contribution in [0.3, 0.4) is 0 Å². The molecule has 19 heavy (non-hydrogen) atoms. The highest BCUT2D eigenvalue weighted by Gasteiger charge is 2.10. The fourth-order valence-corrected chi connectivity index (χ4v) is 1.75. The highest BCUT2D eigenvalue weighted by molar-refractivity contribution is 9.10. The summed E-state index contributed by atoms with van der Waals surface area (Å²) < 4.78 is 0.877. The maximum absolute atomic E-state index is 12.0. The second-order valence-corrected chi connectivity index (χ2v) is 5.13. The van der Waals surface area contributed by atoms with Crippen molar-refractivity contribution in [3.8, 4) is 0 Å². The molecule has 2 aromatic heterocycles. The van der Waals surface area contributed by atoms with Crippen LogP contribution in [-0.2, 0) is 0 Å². The third-order valence-electron chi connectivity index (χ3n) is 2.42. The molecule has 0 aliphatic carbocycles. The van der Waals surface area contributed by atoms with E-state index in [0.717, 1.165) is 10.0 Å². The number of aromatic nitrogens is 2. The molecule has 0 spiro atoms. The van der Waals surface area contributed by atoms with Gasteiger partial charge < -0.3 is 11.1 Å². The van der Waals surface area contributed by atoms with Gasteiger partial charge in [0, 0.05) is 16.9 Å². The molecular weight excluding hydrogens is 332 g/mol. The molecule has 3 N–H and O–H groups in total. The number of nitrogens with zero attached hydrogens (tertiary/aromatic N) is 2. The van der Waals surface area contributed by atoms with Gasteiger partial charge in [-0.25, -0.2) is 9.97 Å². The Hall–Kier alpha value is -1.66. The van der Waals surface area contributed by atoms with Crippen LogP contribution < -0.4 is 11.1 Å². The zero-order valence-electron chi connectivity index (χ0n) is 9.95. The number of rotatable bonds is 2. The van der Waals surface area contributed by atoms with E-state index >= 15 is 0 Å². The summed E-state index contributed by atoms with van der Waals surface area (Å²) >= 11 is 9.16. The van der Waals surface area contributed by atoms with Gasteiger partial charge in [-0.2, -0.15) is 0 Å². The number of aryl methyl sites for hydroxylation is 1. The Morgan fingerprint density at radius 2 is 2.11 bits per heavy atom. The van der Waals surface area contributed by atoms with Crippen molar-refractivity contribution in [3.63, 3.8) is 0 Å². The fraction of sp³-hybridized carbons (Fsp3) is 0.0833. The number of nitrogen functional groups attached to an aromatic ring is 1. The third-order valence-corrected chi connectivity index (χ3v) is 3.55. The SMILES string of the molecule is Cc1cc(NC(=O)c2cnc(N)c(Cl)c2)ncc1Br. The quantitative estimate of drug-likeness (QED) is 0.879. The summed E-state index contributed by atoms with van der Waals surface area (Å²) in [6.45, 7) is 1.91. The van der Waals surface area contributed by atoms with Crippen LogP contribution in [0.5, 0.6) is 0 Å². The second kappa shape index (κ2) is 5.54. The molecule has 0 aliphatic heterocycles. The first kappa shape index (κ1) is 13.8. The van der Waals surface area contributed by atoms with E-state index in [1.807, 2.05) is 6.92 Å². The van der Waals surface area contributed by atoms with Crippen molar-refractivity contribution < 1.29 is 4.79 Å². The topological polar surface area (TPSA) is 80.9 Å². The number of carbonyl (C=O) groups is 1. The first-order valence-electron chi connectivity index (χ1n) is 5.32. The van der Waals surface area contributed by atoms with E-state index in [4.69, 9.17) is 17.3 Å². The highest BCUT2D eigenvalue weighted by atomic mass is 79.9. The van der Waals surface area contributed by atoms with E-state index in [-0.39, 0.29) is 16.7 Å². The van der Waals surface area contributed by atoms with Crippen LogP contribution in [0.15, 0.2) is 29.0 Å². The highest BCUT2D eigenvalue weighted by Crippen LogP contribution is 2.19. The van der Waals surface area contributed by atoms with Crippen LogP contribution in [0, 0.1) is 6.92 Å². The molecule has 98 valence electrons. The zero-order valence-corrected chi connectivity index (χ0v) is 12.3. The molecule has 0 fully saturated rings. The van der Waals surface area contributed by atoms with E-state index in [1.54, 1.807) is 12.3 Å². The molecule has 0 aromatic carbocycles. The van der Waals surface area contributed by atoms with Crippen molar-refractivity contribution in [1.29, 1.82) is 0 Å². The number of anilines is 2. The standard InChI is InChI=1S/C12H10BrClN4O/c1-6-2-10(16-5-8(6)13)18-12(19)7-3-9(14)11(15)17-4-7/h2-5H,1H3,(H2,15,17)(H,16,18,19). The Bertz CT molecular complexity index is 648. The molecule has 5 nitrogen and oxygen atoms in total. The number of hydrogen-bond acceptors (Lipinski definition) is 4. The van der Waals surface area contributed by atoms with Crippen LogP contribution in [0.2, 0.25) is 5.02 Å². The van der Waals surface area contributed by atoms with Gasteiger partial charge in [0.15, 0.2) is 0 Å². The molecule has 0 radical (unpaired) electrons. The van der Waals surface area contributed by atoms with E-state index in [9.17, 15) is 4.79 Å². The summed E-state index contributed by atoms with van der Waals surface area (Å²) in [5.74, 6) is 0.304. The number of amides is 1. The summed E-state index contributed by atoms with van der Waals surface area (Å²) in [5.41, 5.74) is 6.78. The normalized spacial score (nSPS) is 10.3. The first-order chi connectivity index (χ1) is 8.97. The minimum atomic E-state index is -0.344. The van der Waals surface area contributed by atoms with Crippen LogP contribution >= 0.6 is 27.5 Å².